The first kappa shape index (κ1) is 24.7. The Morgan fingerprint density at radius 1 is 1.20 bits per heavy atom. The molecule has 7 nitrogen and oxygen atoms in total. The van der Waals surface area contributed by atoms with Gasteiger partial charge in [0.25, 0.3) is 0 Å². The number of anilines is 1. The van der Waals surface area contributed by atoms with Crippen LogP contribution >= 0.6 is 23.4 Å². The number of ether oxygens (including phenoxy) is 1. The van der Waals surface area contributed by atoms with Crippen molar-refractivity contribution in [2.24, 2.45) is 0 Å². The highest BCUT2D eigenvalue weighted by Crippen LogP contribution is 2.36. The van der Waals surface area contributed by atoms with Gasteiger partial charge < -0.3 is 19.7 Å². The molecule has 0 aliphatic heterocycles. The van der Waals surface area contributed by atoms with Crippen LogP contribution in [0.3, 0.4) is 0 Å². The summed E-state index contributed by atoms with van der Waals surface area (Å²) >= 11 is 7.48. The number of carboxylic acids is 1. The normalized spacial score (nSPS) is 11.1. The molecule has 0 radical (unpaired) electrons. The van der Waals surface area contributed by atoms with E-state index in [0.29, 0.717) is 46.0 Å². The van der Waals surface area contributed by atoms with Gasteiger partial charge in [0.1, 0.15) is 23.5 Å². The Morgan fingerprint density at radius 3 is 2.66 bits per heavy atom. The summed E-state index contributed by atoms with van der Waals surface area (Å²) in [5.41, 5.74) is 2.08. The molecule has 35 heavy (non-hydrogen) atoms. The lowest BCUT2D eigenvalue weighted by Crippen LogP contribution is -2.12. The molecule has 2 aromatic carbocycles. The molecule has 2 aromatic heterocycles. The third kappa shape index (κ3) is 4.76. The highest BCUT2D eigenvalue weighted by molar-refractivity contribution is 7.98. The monoisotopic (exact) mass is 518 g/mol. The topological polar surface area (TPSA) is 89.3 Å². The molecule has 0 amide bonds. The van der Waals surface area contributed by atoms with Crippen LogP contribution in [-0.4, -0.2) is 45.5 Å². The molecule has 0 saturated heterocycles. The van der Waals surface area contributed by atoms with Gasteiger partial charge in [-0.25, -0.2) is 23.5 Å². The third-order valence-corrected chi connectivity index (χ3v) is 6.59. The average molecular weight is 519 g/mol. The molecule has 0 atom stereocenters. The Bertz CT molecular complexity index is 1440. The standard InChI is InChI=1S/C24H21ClF2N4O3S/c1-12-6-14-22(15(25)9-17(27)23(14)34-2)31(12)5-4-28-20-10-18(29-11-30-20)13-7-16(26)21(24(32)33)19(8-13)35-3/h6-11H,4-5H2,1-3H3,(H,32,33)(H,28,29,30). The Balaban J connectivity index is 1.57. The summed E-state index contributed by atoms with van der Waals surface area (Å²) in [5, 5.41) is 13.4. The summed E-state index contributed by atoms with van der Waals surface area (Å²) < 4.78 is 35.9. The zero-order valence-corrected chi connectivity index (χ0v) is 20.6. The van der Waals surface area contributed by atoms with Crippen molar-refractivity contribution in [1.82, 2.24) is 14.5 Å². The molecule has 11 heteroatoms. The number of aryl methyl sites for hydroxylation is 1. The van der Waals surface area contributed by atoms with Gasteiger partial charge in [-0.2, -0.15) is 0 Å². The van der Waals surface area contributed by atoms with Crippen LogP contribution in [-0.2, 0) is 6.54 Å². The number of aromatic nitrogens is 3. The summed E-state index contributed by atoms with van der Waals surface area (Å²) in [6, 6.07) is 7.46. The Kier molecular flexibility index (Phi) is 7.13. The molecule has 2 N–H and O–H groups in total. The van der Waals surface area contributed by atoms with E-state index in [0.717, 1.165) is 23.5 Å². The molecule has 2 heterocycles. The maximum atomic E-state index is 14.5. The van der Waals surface area contributed by atoms with E-state index in [2.05, 4.69) is 15.3 Å². The highest BCUT2D eigenvalue weighted by Gasteiger charge is 2.19. The Labute approximate surface area is 209 Å². The van der Waals surface area contributed by atoms with Crippen molar-refractivity contribution < 1.29 is 23.4 Å². The second-order valence-corrected chi connectivity index (χ2v) is 8.88. The van der Waals surface area contributed by atoms with Crippen LogP contribution in [0.25, 0.3) is 22.2 Å². The van der Waals surface area contributed by atoms with Crippen molar-refractivity contribution in [3.05, 3.63) is 64.6 Å². The first-order valence-corrected chi connectivity index (χ1v) is 12.0. The van der Waals surface area contributed by atoms with E-state index in [9.17, 15) is 18.7 Å². The molecule has 0 spiro atoms. The molecular weight excluding hydrogens is 498 g/mol. The number of halogens is 3. The van der Waals surface area contributed by atoms with Crippen LogP contribution in [0.4, 0.5) is 14.6 Å². The summed E-state index contributed by atoms with van der Waals surface area (Å²) in [4.78, 5) is 20.1. The quantitative estimate of drug-likeness (QED) is 0.281. The van der Waals surface area contributed by atoms with E-state index >= 15 is 0 Å². The SMILES string of the molecule is COc1c(F)cc(Cl)c2c1cc(C)n2CCNc1cc(-c2cc(F)c(C(=O)O)c(SC)c2)ncn1. The van der Waals surface area contributed by atoms with E-state index in [1.807, 2.05) is 17.6 Å². The summed E-state index contributed by atoms with van der Waals surface area (Å²) in [7, 11) is 1.41. The molecule has 0 aliphatic rings. The fourth-order valence-electron chi connectivity index (χ4n) is 3.98. The smallest absolute Gasteiger partial charge is 0.339 e. The second kappa shape index (κ2) is 10.1. The maximum Gasteiger partial charge on any atom is 0.339 e. The number of nitrogens with zero attached hydrogens (tertiary/aromatic N) is 3. The van der Waals surface area contributed by atoms with Crippen LogP contribution in [0.5, 0.6) is 5.75 Å². The number of carboxylic acid groups (broad SMARTS) is 1. The largest absolute Gasteiger partial charge is 0.493 e. The van der Waals surface area contributed by atoms with Crippen molar-refractivity contribution in [2.45, 2.75) is 18.4 Å². The number of hydrogen-bond acceptors (Lipinski definition) is 6. The Hall–Kier alpha value is -3.37. The molecule has 0 bridgehead atoms. The van der Waals surface area contributed by atoms with Crippen LogP contribution in [0, 0.1) is 18.6 Å². The molecule has 4 aromatic rings. The summed E-state index contributed by atoms with van der Waals surface area (Å²) in [5.74, 6) is -2.02. The fourth-order valence-corrected chi connectivity index (χ4v) is 4.92. The third-order valence-electron chi connectivity index (χ3n) is 5.54. The molecule has 182 valence electrons. The number of nitrogens with one attached hydrogen (secondary N) is 1. The van der Waals surface area contributed by atoms with E-state index < -0.39 is 17.6 Å². The number of thioether (sulfide) groups is 1. The van der Waals surface area contributed by atoms with Gasteiger partial charge in [0.15, 0.2) is 11.6 Å². The number of rotatable bonds is 8. The second-order valence-electron chi connectivity index (χ2n) is 7.63. The minimum absolute atomic E-state index is 0.144. The van der Waals surface area contributed by atoms with Gasteiger partial charge in [0, 0.05) is 40.7 Å². The van der Waals surface area contributed by atoms with Crippen molar-refractivity contribution in [3.63, 3.8) is 0 Å². The predicted octanol–water partition coefficient (Wildman–Crippen LogP) is 5.88. The van der Waals surface area contributed by atoms with Crippen LogP contribution in [0.1, 0.15) is 16.1 Å². The maximum absolute atomic E-state index is 14.5. The van der Waals surface area contributed by atoms with Crippen molar-refractivity contribution in [2.75, 3.05) is 25.2 Å². The summed E-state index contributed by atoms with van der Waals surface area (Å²) in [6.07, 6.45) is 3.03. The molecule has 0 saturated carbocycles. The number of benzene rings is 2. The van der Waals surface area contributed by atoms with E-state index in [1.165, 1.54) is 19.5 Å². The first-order valence-electron chi connectivity index (χ1n) is 10.4. The lowest BCUT2D eigenvalue weighted by molar-refractivity contribution is 0.0688. The predicted molar refractivity (Wildman–Crippen MR) is 133 cm³/mol. The van der Waals surface area contributed by atoms with Crippen LogP contribution < -0.4 is 10.1 Å². The minimum atomic E-state index is -1.32. The van der Waals surface area contributed by atoms with Gasteiger partial charge in [-0.15, -0.1) is 11.8 Å². The Morgan fingerprint density at radius 2 is 1.97 bits per heavy atom. The fraction of sp³-hybridized carbons (Fsp3) is 0.208. The van der Waals surface area contributed by atoms with Gasteiger partial charge in [-0.05, 0) is 37.4 Å². The number of aromatic carboxylic acids is 1. The number of carbonyl (C=O) groups is 1. The van der Waals surface area contributed by atoms with E-state index in [-0.39, 0.29) is 16.3 Å². The van der Waals surface area contributed by atoms with Crippen molar-refractivity contribution in [1.29, 1.82) is 0 Å². The van der Waals surface area contributed by atoms with Gasteiger partial charge in [0.2, 0.25) is 0 Å². The van der Waals surface area contributed by atoms with Crippen molar-refractivity contribution in [3.8, 4) is 17.0 Å². The molecule has 4 rings (SSSR count). The average Bonchev–Trinajstić information content (AvgIpc) is 3.14. The van der Waals surface area contributed by atoms with Gasteiger partial charge in [-0.3, -0.25) is 0 Å². The zero-order chi connectivity index (χ0) is 25.3. The number of methoxy groups -OCH3 is 1. The molecule has 0 aliphatic carbocycles. The van der Waals surface area contributed by atoms with Gasteiger partial charge in [-0.1, -0.05) is 11.6 Å². The van der Waals surface area contributed by atoms with Crippen LogP contribution in [0.15, 0.2) is 41.6 Å². The number of hydrogen-bond donors (Lipinski definition) is 2. The minimum Gasteiger partial charge on any atom is -0.493 e. The summed E-state index contributed by atoms with van der Waals surface area (Å²) in [6.45, 7) is 2.86. The molecule has 0 fully saturated rings. The van der Waals surface area contributed by atoms with Gasteiger partial charge >= 0.3 is 5.97 Å². The molecular formula is C24H21ClF2N4O3S. The van der Waals surface area contributed by atoms with Gasteiger partial charge in [0.05, 0.1) is 23.3 Å². The van der Waals surface area contributed by atoms with E-state index in [4.69, 9.17) is 16.3 Å². The zero-order valence-electron chi connectivity index (χ0n) is 19.0. The van der Waals surface area contributed by atoms with E-state index in [1.54, 1.807) is 18.4 Å². The van der Waals surface area contributed by atoms with Crippen molar-refractivity contribution >= 4 is 46.1 Å². The lowest BCUT2D eigenvalue weighted by atomic mass is 10.1. The lowest BCUT2D eigenvalue weighted by Gasteiger charge is -2.13. The van der Waals surface area contributed by atoms with Crippen LogP contribution in [0.2, 0.25) is 5.02 Å². The highest BCUT2D eigenvalue weighted by atomic mass is 35.5. The molecule has 0 unspecified atom stereocenters. The first-order chi connectivity index (χ1) is 16.7. The number of fused-ring (bicyclic) bond motifs is 1.